The summed E-state index contributed by atoms with van der Waals surface area (Å²) in [5.41, 5.74) is 0. The molecule has 5 heteroatoms. The molecule has 0 amide bonds. The van der Waals surface area contributed by atoms with Crippen molar-refractivity contribution >= 4 is 8.32 Å². The average molecular weight is 268 g/mol. The largest absolute Gasteiger partial charge is 0.461 e. The van der Waals surface area contributed by atoms with E-state index in [4.69, 9.17) is 9.16 Å². The van der Waals surface area contributed by atoms with Gasteiger partial charge in [-0.15, -0.1) is 0 Å². The molecule has 0 aliphatic rings. The molecule has 0 aliphatic heterocycles. The van der Waals surface area contributed by atoms with Gasteiger partial charge in [0.15, 0.2) is 8.32 Å². The normalized spacial score (nSPS) is 14.3. The van der Waals surface area contributed by atoms with Crippen LogP contribution >= 0.6 is 0 Å². The van der Waals surface area contributed by atoms with Crippen molar-refractivity contribution in [3.05, 3.63) is 18.5 Å². The van der Waals surface area contributed by atoms with E-state index in [0.29, 0.717) is 12.6 Å². The maximum Gasteiger partial charge on any atom is 0.316 e. The minimum Gasteiger partial charge on any atom is -0.461 e. The van der Waals surface area contributed by atoms with Crippen molar-refractivity contribution < 1.29 is 9.16 Å². The molecule has 18 heavy (non-hydrogen) atoms. The molecule has 0 N–H and O–H groups in total. The maximum atomic E-state index is 6.18. The third-order valence-electron chi connectivity index (χ3n) is 3.29. The van der Waals surface area contributed by atoms with Crippen LogP contribution < -0.4 is 4.74 Å². The first-order valence-corrected chi connectivity index (χ1v) is 9.21. The second-order valence-corrected chi connectivity index (χ2v) is 10.8. The zero-order chi connectivity index (χ0) is 13.8. The van der Waals surface area contributed by atoms with E-state index in [0.717, 1.165) is 0 Å². The minimum atomic E-state index is -1.73. The number of aromatic nitrogens is 2. The van der Waals surface area contributed by atoms with E-state index in [9.17, 15) is 0 Å². The summed E-state index contributed by atoms with van der Waals surface area (Å²) < 4.78 is 11.7. The predicted octanol–water partition coefficient (Wildman–Crippen LogP) is 3.27. The van der Waals surface area contributed by atoms with Crippen molar-refractivity contribution in [3.63, 3.8) is 0 Å². The SMILES string of the molecule is C[C@@H](COc1ncccn1)O[Si](C)(C)C(C)(C)C. The summed E-state index contributed by atoms with van der Waals surface area (Å²) in [5, 5.41) is 0.213. The van der Waals surface area contributed by atoms with Gasteiger partial charge in [-0.1, -0.05) is 20.8 Å². The van der Waals surface area contributed by atoms with Crippen LogP contribution in [0.3, 0.4) is 0 Å². The van der Waals surface area contributed by atoms with Crippen LogP contribution in [0, 0.1) is 0 Å². The third-order valence-corrected chi connectivity index (χ3v) is 7.90. The number of hydrogen-bond acceptors (Lipinski definition) is 4. The van der Waals surface area contributed by atoms with Crippen molar-refractivity contribution in [3.8, 4) is 6.01 Å². The van der Waals surface area contributed by atoms with Crippen molar-refractivity contribution in [1.82, 2.24) is 9.97 Å². The molecule has 0 spiro atoms. The van der Waals surface area contributed by atoms with Crippen LogP contribution in [0.1, 0.15) is 27.7 Å². The molecular formula is C13H24N2O2Si. The molecule has 0 bridgehead atoms. The molecule has 1 aromatic heterocycles. The fourth-order valence-electron chi connectivity index (χ4n) is 1.27. The molecule has 1 rings (SSSR count). The zero-order valence-electron chi connectivity index (χ0n) is 12.2. The first-order valence-electron chi connectivity index (χ1n) is 6.30. The summed E-state index contributed by atoms with van der Waals surface area (Å²) in [5.74, 6) is 0. The van der Waals surface area contributed by atoms with E-state index in [1.807, 2.05) is 6.92 Å². The highest BCUT2D eigenvalue weighted by Crippen LogP contribution is 2.37. The smallest absolute Gasteiger partial charge is 0.316 e. The molecule has 0 saturated heterocycles. The van der Waals surface area contributed by atoms with Crippen LogP contribution in [0.15, 0.2) is 18.5 Å². The van der Waals surface area contributed by atoms with Gasteiger partial charge in [0, 0.05) is 12.4 Å². The number of nitrogens with zero attached hydrogens (tertiary/aromatic N) is 2. The van der Waals surface area contributed by atoms with E-state index in [-0.39, 0.29) is 11.1 Å². The first kappa shape index (κ1) is 15.1. The fourth-order valence-corrected chi connectivity index (χ4v) is 2.69. The summed E-state index contributed by atoms with van der Waals surface area (Å²) in [7, 11) is -1.73. The van der Waals surface area contributed by atoms with Crippen molar-refractivity contribution in [2.45, 2.75) is 51.9 Å². The topological polar surface area (TPSA) is 44.2 Å². The van der Waals surface area contributed by atoms with Gasteiger partial charge >= 0.3 is 6.01 Å². The van der Waals surface area contributed by atoms with Gasteiger partial charge < -0.3 is 9.16 Å². The lowest BCUT2D eigenvalue weighted by Crippen LogP contribution is -2.44. The van der Waals surface area contributed by atoms with Crippen LogP contribution in [0.5, 0.6) is 6.01 Å². The van der Waals surface area contributed by atoms with Crippen LogP contribution in [-0.4, -0.2) is 31.0 Å². The number of hydrogen-bond donors (Lipinski definition) is 0. The van der Waals surface area contributed by atoms with E-state index in [1.165, 1.54) is 0 Å². The molecule has 0 fully saturated rings. The first-order chi connectivity index (χ1) is 8.22. The Hall–Kier alpha value is -0.943. The summed E-state index contributed by atoms with van der Waals surface area (Å²) in [4.78, 5) is 8.04. The van der Waals surface area contributed by atoms with Gasteiger partial charge in [-0.25, -0.2) is 9.97 Å². The van der Waals surface area contributed by atoms with E-state index in [1.54, 1.807) is 18.5 Å². The summed E-state index contributed by atoms with van der Waals surface area (Å²) in [6.07, 6.45) is 3.39. The monoisotopic (exact) mass is 268 g/mol. The standard InChI is InChI=1S/C13H24N2O2Si/c1-11(17-18(5,6)13(2,3)4)10-16-12-14-8-7-9-15-12/h7-9,11H,10H2,1-6H3/t11-/m0/s1. The predicted molar refractivity (Wildman–Crippen MR) is 75.3 cm³/mol. The molecule has 1 aromatic rings. The van der Waals surface area contributed by atoms with Gasteiger partial charge in [0.2, 0.25) is 0 Å². The molecule has 1 atom stereocenters. The number of rotatable bonds is 5. The molecule has 0 radical (unpaired) electrons. The average Bonchev–Trinajstić information content (AvgIpc) is 2.26. The van der Waals surface area contributed by atoms with Gasteiger partial charge in [0.1, 0.15) is 6.61 Å². The molecule has 0 unspecified atom stereocenters. The molecule has 0 saturated carbocycles. The lowest BCUT2D eigenvalue weighted by Gasteiger charge is -2.38. The van der Waals surface area contributed by atoms with Crippen molar-refractivity contribution in [2.24, 2.45) is 0 Å². The maximum absolute atomic E-state index is 6.18. The van der Waals surface area contributed by atoms with Crippen LogP contribution in [0.2, 0.25) is 18.1 Å². The Kier molecular flexibility index (Phi) is 4.87. The second kappa shape index (κ2) is 5.80. The van der Waals surface area contributed by atoms with E-state index >= 15 is 0 Å². The Labute approximate surface area is 111 Å². The quantitative estimate of drug-likeness (QED) is 0.769. The molecule has 102 valence electrons. The third kappa shape index (κ3) is 4.38. The van der Waals surface area contributed by atoms with Crippen LogP contribution in [-0.2, 0) is 4.43 Å². The van der Waals surface area contributed by atoms with Gasteiger partial charge in [-0.3, -0.25) is 0 Å². The Bertz CT molecular complexity index is 363. The Morgan fingerprint density at radius 2 is 1.78 bits per heavy atom. The molecular weight excluding hydrogens is 244 g/mol. The Balaban J connectivity index is 2.45. The van der Waals surface area contributed by atoms with E-state index in [2.05, 4.69) is 43.8 Å². The summed E-state index contributed by atoms with van der Waals surface area (Å²) in [6.45, 7) is 13.7. The molecule has 0 aromatic carbocycles. The van der Waals surface area contributed by atoms with Crippen molar-refractivity contribution in [1.29, 1.82) is 0 Å². The second-order valence-electron chi connectivity index (χ2n) is 6.03. The molecule has 4 nitrogen and oxygen atoms in total. The lowest BCUT2D eigenvalue weighted by atomic mass is 10.2. The van der Waals surface area contributed by atoms with Crippen LogP contribution in [0.25, 0.3) is 0 Å². The van der Waals surface area contributed by atoms with Crippen molar-refractivity contribution in [2.75, 3.05) is 6.61 Å². The minimum absolute atomic E-state index is 0.0506. The lowest BCUT2D eigenvalue weighted by molar-refractivity contribution is 0.123. The Morgan fingerprint density at radius 1 is 1.22 bits per heavy atom. The highest BCUT2D eigenvalue weighted by molar-refractivity contribution is 6.74. The highest BCUT2D eigenvalue weighted by atomic mass is 28.4. The number of ether oxygens (including phenoxy) is 1. The van der Waals surface area contributed by atoms with Gasteiger partial charge in [-0.05, 0) is 31.1 Å². The molecule has 0 aliphatic carbocycles. The van der Waals surface area contributed by atoms with Gasteiger partial charge in [0.05, 0.1) is 6.10 Å². The van der Waals surface area contributed by atoms with Gasteiger partial charge in [0.25, 0.3) is 0 Å². The summed E-state index contributed by atoms with van der Waals surface area (Å²) >= 11 is 0. The zero-order valence-corrected chi connectivity index (χ0v) is 13.2. The molecule has 1 heterocycles. The van der Waals surface area contributed by atoms with E-state index < -0.39 is 8.32 Å². The van der Waals surface area contributed by atoms with Gasteiger partial charge in [-0.2, -0.15) is 0 Å². The highest BCUT2D eigenvalue weighted by Gasteiger charge is 2.38. The fraction of sp³-hybridized carbons (Fsp3) is 0.692. The Morgan fingerprint density at radius 3 is 2.28 bits per heavy atom. The summed E-state index contributed by atoms with van der Waals surface area (Å²) in [6, 6.07) is 2.17. The van der Waals surface area contributed by atoms with Crippen LogP contribution in [0.4, 0.5) is 0 Å².